The van der Waals surface area contributed by atoms with Gasteiger partial charge in [0, 0.05) is 0 Å². The van der Waals surface area contributed by atoms with Crippen molar-refractivity contribution in [1.29, 1.82) is 0 Å². The van der Waals surface area contributed by atoms with E-state index in [-0.39, 0.29) is 13.7 Å². The molecule has 0 unspecified atom stereocenters. The summed E-state index contributed by atoms with van der Waals surface area (Å²) in [4.78, 5) is 0. The summed E-state index contributed by atoms with van der Waals surface area (Å²) in [5.41, 5.74) is 16.2. The molecule has 0 heterocycles. The molecule has 0 fully saturated rings. The third kappa shape index (κ3) is 22.4. The van der Waals surface area contributed by atoms with Gasteiger partial charge in [0.05, 0.1) is 0 Å². The molecular weight excluding hydrogens is 323 g/mol. The van der Waals surface area contributed by atoms with Gasteiger partial charge in [0.1, 0.15) is 6.29 Å². The Morgan fingerprint density at radius 3 is 1.68 bits per heavy atom. The van der Waals surface area contributed by atoms with E-state index in [1.165, 1.54) is 38.5 Å². The second-order valence-electron chi connectivity index (χ2n) is 5.30. The molecule has 0 amide bonds. The van der Waals surface area contributed by atoms with Crippen LogP contribution in [0.1, 0.15) is 51.4 Å². The SMILES string of the molecule is N[C](=[Ni])NCCCCCCNCCCCCCNC(N)N.[CH3-]. The molecule has 0 aliphatic heterocycles. The first-order chi connectivity index (χ1) is 10.1. The van der Waals surface area contributed by atoms with Crippen LogP contribution in [0.4, 0.5) is 0 Å². The van der Waals surface area contributed by atoms with Gasteiger partial charge in [-0.25, -0.2) is 0 Å². The van der Waals surface area contributed by atoms with Crippen LogP contribution in [0.25, 0.3) is 0 Å². The zero-order valence-electron chi connectivity index (χ0n) is 14.1. The number of nitrogens with two attached hydrogens (primary N) is 3. The van der Waals surface area contributed by atoms with E-state index in [1.807, 2.05) is 0 Å². The van der Waals surface area contributed by atoms with Crippen LogP contribution in [-0.4, -0.2) is 37.2 Å². The molecule has 0 atom stereocenters. The molecule has 7 heteroatoms. The van der Waals surface area contributed by atoms with E-state index in [0.717, 1.165) is 39.0 Å². The van der Waals surface area contributed by atoms with Gasteiger partial charge < -0.3 is 18.9 Å². The van der Waals surface area contributed by atoms with E-state index in [1.54, 1.807) is 0 Å². The summed E-state index contributed by atoms with van der Waals surface area (Å²) in [6.45, 7) is 4.06. The van der Waals surface area contributed by atoms with Gasteiger partial charge in [0.15, 0.2) is 0 Å². The molecule has 0 aliphatic rings. The van der Waals surface area contributed by atoms with Crippen molar-refractivity contribution in [2.24, 2.45) is 17.2 Å². The van der Waals surface area contributed by atoms with Crippen molar-refractivity contribution in [2.75, 3.05) is 26.2 Å². The minimum atomic E-state index is -0.380. The van der Waals surface area contributed by atoms with Crippen LogP contribution in [0.5, 0.6) is 0 Å². The van der Waals surface area contributed by atoms with Crippen molar-refractivity contribution in [3.05, 3.63) is 7.43 Å². The Bertz CT molecular complexity index is 238. The Morgan fingerprint density at radius 2 is 1.23 bits per heavy atom. The Morgan fingerprint density at radius 1 is 0.773 bits per heavy atom. The predicted octanol–water partition coefficient (Wildman–Crippen LogP) is 0.120. The summed E-state index contributed by atoms with van der Waals surface area (Å²) in [5.74, 6) is 0. The first kappa shape index (κ1) is 24.4. The molecule has 0 rings (SSSR count). The van der Waals surface area contributed by atoms with Crippen LogP contribution >= 0.6 is 0 Å². The topological polar surface area (TPSA) is 114 Å². The second kappa shape index (κ2) is 19.2. The van der Waals surface area contributed by atoms with E-state index >= 15 is 0 Å². The van der Waals surface area contributed by atoms with Crippen molar-refractivity contribution in [3.8, 4) is 0 Å². The fourth-order valence-electron chi connectivity index (χ4n) is 2.05. The van der Waals surface area contributed by atoms with Crippen molar-refractivity contribution >= 4 is 4.74 Å². The van der Waals surface area contributed by atoms with Crippen LogP contribution in [0.2, 0.25) is 0 Å². The quantitative estimate of drug-likeness (QED) is 0.101. The summed E-state index contributed by atoms with van der Waals surface area (Å²) < 4.78 is 0.443. The molecule has 0 aliphatic carbocycles. The van der Waals surface area contributed by atoms with Gasteiger partial charge in [-0.2, -0.15) is 0 Å². The van der Waals surface area contributed by atoms with Gasteiger partial charge in [-0.15, -0.1) is 0 Å². The van der Waals surface area contributed by atoms with Gasteiger partial charge in [-0.05, 0) is 13.0 Å². The van der Waals surface area contributed by atoms with Crippen LogP contribution in [0.15, 0.2) is 0 Å². The minimum Gasteiger partial charge on any atom is -0.358 e. The smallest absolute Gasteiger partial charge is 0.358 e. The Kier molecular flexibility index (Phi) is 21.2. The van der Waals surface area contributed by atoms with Crippen LogP contribution in [0, 0.1) is 7.43 Å². The van der Waals surface area contributed by atoms with Crippen LogP contribution in [0.3, 0.4) is 0 Å². The molecule has 0 bridgehead atoms. The molecule has 22 heavy (non-hydrogen) atoms. The van der Waals surface area contributed by atoms with Gasteiger partial charge in [0.2, 0.25) is 0 Å². The molecule has 0 aromatic rings. The Labute approximate surface area is 144 Å². The van der Waals surface area contributed by atoms with Crippen LogP contribution in [-0.2, 0) is 15.0 Å². The van der Waals surface area contributed by atoms with E-state index in [4.69, 9.17) is 17.2 Å². The number of rotatable bonds is 16. The predicted molar refractivity (Wildman–Crippen MR) is 93.6 cm³/mol. The summed E-state index contributed by atoms with van der Waals surface area (Å²) >= 11 is 4.46. The monoisotopic (exact) mass is 359 g/mol. The zero-order valence-corrected chi connectivity index (χ0v) is 15.1. The third-order valence-electron chi connectivity index (χ3n) is 3.22. The molecule has 0 saturated heterocycles. The molecular formula is C15H37N6Ni-. The summed E-state index contributed by atoms with van der Waals surface area (Å²) in [6.07, 6.45) is 9.39. The molecule has 0 radical (unpaired) electrons. The number of hydrogen-bond donors (Lipinski definition) is 6. The number of nitrogens with one attached hydrogen (secondary N) is 3. The molecule has 138 valence electrons. The van der Waals surface area contributed by atoms with E-state index in [0.29, 0.717) is 4.74 Å². The first-order valence-corrected chi connectivity index (χ1v) is 8.56. The van der Waals surface area contributed by atoms with Crippen molar-refractivity contribution in [1.82, 2.24) is 16.0 Å². The van der Waals surface area contributed by atoms with Crippen LogP contribution < -0.4 is 33.2 Å². The molecule has 0 saturated carbocycles. The Balaban J connectivity index is 0. The van der Waals surface area contributed by atoms with Gasteiger partial charge in [-0.1, -0.05) is 6.42 Å². The number of hydrogen-bond acceptors (Lipinski definition) is 6. The third-order valence-corrected chi connectivity index (χ3v) is 3.40. The maximum atomic E-state index is 5.40. The maximum absolute atomic E-state index is 5.40. The second-order valence-corrected chi connectivity index (χ2v) is 5.83. The Hall–Kier alpha value is 0.124. The number of unbranched alkanes of at least 4 members (excludes halogenated alkanes) is 6. The summed E-state index contributed by atoms with van der Waals surface area (Å²) in [6, 6.07) is 0. The average Bonchev–Trinajstić information content (AvgIpc) is 2.42. The molecule has 0 spiro atoms. The average molecular weight is 360 g/mol. The molecule has 0 aromatic carbocycles. The van der Waals surface area contributed by atoms with Crippen molar-refractivity contribution < 1.29 is 15.0 Å². The fraction of sp³-hybridized carbons (Fsp3) is 0.867. The zero-order chi connectivity index (χ0) is 15.8. The standard InChI is InChI=1S/C14H34N6.CH3.Ni/c15-13-19-11-7-2-1-5-9-18-10-6-3-4-8-12-20-14(16)17;;/h14,18-20H,1-12,15-17H2;1H3;/q;-1;. The van der Waals surface area contributed by atoms with Gasteiger partial charge in [0.25, 0.3) is 0 Å². The van der Waals surface area contributed by atoms with E-state index < -0.39 is 0 Å². The van der Waals surface area contributed by atoms with Gasteiger partial charge in [-0.3, -0.25) is 5.32 Å². The first-order valence-electron chi connectivity index (χ1n) is 8.07. The fourth-order valence-corrected chi connectivity index (χ4v) is 2.17. The van der Waals surface area contributed by atoms with Gasteiger partial charge >= 0.3 is 94.3 Å². The normalized spacial score (nSPS) is 10.8. The molecule has 6 nitrogen and oxygen atoms in total. The van der Waals surface area contributed by atoms with E-state index in [2.05, 4.69) is 31.0 Å². The van der Waals surface area contributed by atoms with Crippen molar-refractivity contribution in [2.45, 2.75) is 57.7 Å². The minimum absolute atomic E-state index is 0. The summed E-state index contributed by atoms with van der Waals surface area (Å²) in [7, 11) is 0. The van der Waals surface area contributed by atoms with E-state index in [9.17, 15) is 0 Å². The molecule has 9 N–H and O–H groups in total. The summed E-state index contributed by atoms with van der Waals surface area (Å²) in [5, 5.41) is 9.49. The molecule has 0 aromatic heterocycles. The van der Waals surface area contributed by atoms with Crippen molar-refractivity contribution in [3.63, 3.8) is 0 Å².